The van der Waals surface area contributed by atoms with E-state index in [1.54, 1.807) is 0 Å². The highest BCUT2D eigenvalue weighted by Crippen LogP contribution is 2.33. The molecule has 21 heavy (non-hydrogen) atoms. The van der Waals surface area contributed by atoms with Crippen molar-refractivity contribution in [3.05, 3.63) is 63.7 Å². The molecule has 0 aliphatic rings. The second kappa shape index (κ2) is 6.57. The summed E-state index contributed by atoms with van der Waals surface area (Å²) in [6.45, 7) is 5.81. The van der Waals surface area contributed by atoms with E-state index in [-0.39, 0.29) is 12.4 Å². The minimum atomic E-state index is -0.0394. The number of rotatable bonds is 4. The molecule has 0 saturated heterocycles. The minimum absolute atomic E-state index is 0.0394. The highest BCUT2D eigenvalue weighted by molar-refractivity contribution is 5.75. The Morgan fingerprint density at radius 2 is 1.62 bits per heavy atom. The van der Waals surface area contributed by atoms with E-state index in [0.717, 1.165) is 27.8 Å². The highest BCUT2D eigenvalue weighted by Gasteiger charge is 2.15. The van der Waals surface area contributed by atoms with Crippen LogP contribution in [0.15, 0.2) is 30.3 Å². The average molecular weight is 284 g/mol. The second-order valence-corrected chi connectivity index (χ2v) is 5.13. The Morgan fingerprint density at radius 1 is 0.952 bits per heavy atom. The summed E-state index contributed by atoms with van der Waals surface area (Å²) in [6.07, 6.45) is 3.93. The molecular formula is C18H20O3. The van der Waals surface area contributed by atoms with Gasteiger partial charge in [0.25, 0.3) is 0 Å². The van der Waals surface area contributed by atoms with Crippen LogP contribution in [0.3, 0.4) is 0 Å². The van der Waals surface area contributed by atoms with Crippen LogP contribution in [0.5, 0.6) is 5.75 Å². The van der Waals surface area contributed by atoms with Gasteiger partial charge in [-0.25, -0.2) is 4.89 Å². The molecule has 2 rings (SSSR count). The molecule has 2 N–H and O–H groups in total. The van der Waals surface area contributed by atoms with E-state index in [1.165, 1.54) is 0 Å². The van der Waals surface area contributed by atoms with Crippen molar-refractivity contribution in [3.63, 3.8) is 0 Å². The molecular weight excluding hydrogens is 264 g/mol. The minimum Gasteiger partial charge on any atom is -0.507 e. The van der Waals surface area contributed by atoms with Crippen LogP contribution in [-0.4, -0.2) is 10.4 Å². The molecule has 110 valence electrons. The van der Waals surface area contributed by atoms with Gasteiger partial charge in [-0.1, -0.05) is 42.5 Å². The Hall–Kier alpha value is -2.10. The predicted octanol–water partition coefficient (Wildman–Crippen LogP) is 4.48. The van der Waals surface area contributed by atoms with Crippen LogP contribution in [0.1, 0.15) is 33.4 Å². The molecule has 0 aromatic heterocycles. The second-order valence-electron chi connectivity index (χ2n) is 5.13. The average Bonchev–Trinajstić information content (AvgIpc) is 2.51. The number of hydrogen-bond acceptors (Lipinski definition) is 3. The van der Waals surface area contributed by atoms with Crippen LogP contribution < -0.4 is 0 Å². The summed E-state index contributed by atoms with van der Waals surface area (Å²) >= 11 is 0. The standard InChI is InChI=1S/C18H20O3/c1-12-13(2)16(10-9-15-7-5-4-6-8-15)17(11-21-20)18(19)14(12)3/h4-10,19-20H,11H2,1-3H3/b10-9+. The van der Waals surface area contributed by atoms with E-state index in [1.807, 2.05) is 63.3 Å². The first-order chi connectivity index (χ1) is 10.1. The summed E-state index contributed by atoms with van der Waals surface area (Å²) in [5.41, 5.74) is 5.49. The van der Waals surface area contributed by atoms with Gasteiger partial charge in [0.1, 0.15) is 12.4 Å². The topological polar surface area (TPSA) is 49.7 Å². The molecule has 3 heteroatoms. The van der Waals surface area contributed by atoms with Crippen LogP contribution in [0.4, 0.5) is 0 Å². The summed E-state index contributed by atoms with van der Waals surface area (Å²) in [7, 11) is 0. The number of phenols is 1. The van der Waals surface area contributed by atoms with Gasteiger partial charge in [-0.05, 0) is 48.6 Å². The third-order valence-electron chi connectivity index (χ3n) is 3.95. The van der Waals surface area contributed by atoms with Crippen LogP contribution in [0, 0.1) is 20.8 Å². The maximum atomic E-state index is 10.3. The van der Waals surface area contributed by atoms with Crippen molar-refractivity contribution in [2.45, 2.75) is 27.4 Å². The molecule has 0 atom stereocenters. The Kier molecular flexibility index (Phi) is 4.78. The summed E-state index contributed by atoms with van der Waals surface area (Å²) in [5.74, 6) is 0.180. The van der Waals surface area contributed by atoms with Gasteiger partial charge >= 0.3 is 0 Å². The molecule has 0 amide bonds. The Labute approximate surface area is 125 Å². The summed E-state index contributed by atoms with van der Waals surface area (Å²) in [6, 6.07) is 9.93. The van der Waals surface area contributed by atoms with Gasteiger partial charge in [-0.15, -0.1) is 0 Å². The van der Waals surface area contributed by atoms with Gasteiger partial charge in [0.2, 0.25) is 0 Å². The van der Waals surface area contributed by atoms with Gasteiger partial charge in [-0.3, -0.25) is 5.26 Å². The maximum absolute atomic E-state index is 10.3. The zero-order chi connectivity index (χ0) is 15.4. The molecule has 0 saturated carbocycles. The zero-order valence-electron chi connectivity index (χ0n) is 12.6. The van der Waals surface area contributed by atoms with Crippen molar-refractivity contribution in [1.82, 2.24) is 0 Å². The molecule has 0 spiro atoms. The van der Waals surface area contributed by atoms with Gasteiger partial charge in [-0.2, -0.15) is 0 Å². The normalized spacial score (nSPS) is 11.2. The fourth-order valence-electron chi connectivity index (χ4n) is 2.42. The number of benzene rings is 2. The van der Waals surface area contributed by atoms with Crippen LogP contribution in [0.2, 0.25) is 0 Å². The molecule has 0 fully saturated rings. The van der Waals surface area contributed by atoms with Gasteiger partial charge < -0.3 is 5.11 Å². The van der Waals surface area contributed by atoms with Crippen molar-refractivity contribution < 1.29 is 15.3 Å². The SMILES string of the molecule is Cc1c(C)c(O)c(COO)c(/C=C/c2ccccc2)c1C. The first-order valence-electron chi connectivity index (χ1n) is 6.87. The Bertz CT molecular complexity index is 658. The smallest absolute Gasteiger partial charge is 0.125 e. The predicted molar refractivity (Wildman–Crippen MR) is 85.1 cm³/mol. The van der Waals surface area contributed by atoms with Gasteiger partial charge in [0.15, 0.2) is 0 Å². The molecule has 0 aliphatic heterocycles. The van der Waals surface area contributed by atoms with Crippen molar-refractivity contribution >= 4 is 12.2 Å². The molecule has 0 bridgehead atoms. The number of aromatic hydroxyl groups is 1. The number of phenolic OH excluding ortho intramolecular Hbond substituents is 1. The Morgan fingerprint density at radius 3 is 2.24 bits per heavy atom. The van der Waals surface area contributed by atoms with Gasteiger partial charge in [0, 0.05) is 5.56 Å². The zero-order valence-corrected chi connectivity index (χ0v) is 12.6. The first-order valence-corrected chi connectivity index (χ1v) is 6.87. The van der Waals surface area contributed by atoms with E-state index in [4.69, 9.17) is 5.26 Å². The van der Waals surface area contributed by atoms with Crippen LogP contribution in [0.25, 0.3) is 12.2 Å². The molecule has 0 aliphatic carbocycles. The van der Waals surface area contributed by atoms with Gasteiger partial charge in [0.05, 0.1) is 0 Å². The third-order valence-corrected chi connectivity index (χ3v) is 3.95. The lowest BCUT2D eigenvalue weighted by molar-refractivity contribution is -0.253. The summed E-state index contributed by atoms with van der Waals surface area (Å²) in [5, 5.41) is 19.1. The van der Waals surface area contributed by atoms with Crippen molar-refractivity contribution in [3.8, 4) is 5.75 Å². The molecule has 2 aromatic rings. The first kappa shape index (κ1) is 15.3. The van der Waals surface area contributed by atoms with Crippen LogP contribution >= 0.6 is 0 Å². The highest BCUT2D eigenvalue weighted by atomic mass is 17.1. The van der Waals surface area contributed by atoms with Crippen molar-refractivity contribution in [1.29, 1.82) is 0 Å². The van der Waals surface area contributed by atoms with Crippen molar-refractivity contribution in [2.75, 3.05) is 0 Å². The quantitative estimate of drug-likeness (QED) is 0.494. The van der Waals surface area contributed by atoms with E-state index >= 15 is 0 Å². The lowest BCUT2D eigenvalue weighted by atomic mass is 9.92. The monoisotopic (exact) mass is 284 g/mol. The molecule has 0 heterocycles. The fraction of sp³-hybridized carbons (Fsp3) is 0.222. The van der Waals surface area contributed by atoms with Crippen LogP contribution in [-0.2, 0) is 11.5 Å². The number of hydrogen-bond donors (Lipinski definition) is 2. The lowest BCUT2D eigenvalue weighted by Gasteiger charge is -2.16. The van der Waals surface area contributed by atoms with E-state index in [9.17, 15) is 5.11 Å². The maximum Gasteiger partial charge on any atom is 0.125 e. The van der Waals surface area contributed by atoms with Crippen molar-refractivity contribution in [2.24, 2.45) is 0 Å². The van der Waals surface area contributed by atoms with E-state index < -0.39 is 0 Å². The summed E-state index contributed by atoms with van der Waals surface area (Å²) < 4.78 is 0. The largest absolute Gasteiger partial charge is 0.507 e. The Balaban J connectivity index is 2.54. The third kappa shape index (κ3) is 3.15. The molecule has 0 radical (unpaired) electrons. The lowest BCUT2D eigenvalue weighted by Crippen LogP contribution is -2.01. The fourth-order valence-corrected chi connectivity index (χ4v) is 2.42. The van der Waals surface area contributed by atoms with E-state index in [2.05, 4.69) is 4.89 Å². The molecule has 3 nitrogen and oxygen atoms in total. The molecule has 0 unspecified atom stereocenters. The molecule has 2 aromatic carbocycles. The van der Waals surface area contributed by atoms with E-state index in [0.29, 0.717) is 5.56 Å². The summed E-state index contributed by atoms with van der Waals surface area (Å²) in [4.78, 5) is 4.26.